The van der Waals surface area contributed by atoms with Crippen LogP contribution in [-0.2, 0) is 7.05 Å². The topological polar surface area (TPSA) is 102 Å². The molecular formula is C29H31FN6OS. The zero-order chi connectivity index (χ0) is 26.3. The van der Waals surface area contributed by atoms with E-state index in [0.29, 0.717) is 23.7 Å². The van der Waals surface area contributed by atoms with Gasteiger partial charge in [0.05, 0.1) is 17.1 Å². The number of pyridine rings is 1. The standard InChI is InChI=1S/C29H31FN6OS/c1-36-17-33-28(35-36)38-24-10-5-21-12-26(34-23-8-6-22(30)7-9-23)20(15-31)13-29(21,14-24)27(37)25-11-4-19(16-32-25)18-2-3-18/h4,6-9,11-12,15-18,24,27,37H,2-3,5,10,13-14,31H2,1H3/b20-15-,34-26?/t24-,27?,29-/m0/s1. The third-order valence-corrected chi connectivity index (χ3v) is 9.04. The third-order valence-electron chi connectivity index (χ3n) is 7.90. The molecule has 0 radical (unpaired) electrons. The van der Waals surface area contributed by atoms with Crippen LogP contribution in [0.3, 0.4) is 0 Å². The molecule has 196 valence electrons. The molecule has 0 spiro atoms. The zero-order valence-corrected chi connectivity index (χ0v) is 22.1. The molecule has 1 aromatic carbocycles. The van der Waals surface area contributed by atoms with Gasteiger partial charge in [0.1, 0.15) is 18.2 Å². The summed E-state index contributed by atoms with van der Waals surface area (Å²) in [5, 5.41) is 17.4. The third kappa shape index (κ3) is 4.92. The average molecular weight is 531 g/mol. The molecule has 3 atom stereocenters. The second-order valence-electron chi connectivity index (χ2n) is 10.5. The number of nitrogens with zero attached hydrogens (tertiary/aromatic N) is 5. The maximum Gasteiger partial charge on any atom is 0.208 e. The number of aliphatic imine (C=N–C) groups is 1. The monoisotopic (exact) mass is 530 g/mol. The highest BCUT2D eigenvalue weighted by Crippen LogP contribution is 2.57. The molecule has 0 saturated heterocycles. The van der Waals surface area contributed by atoms with Crippen molar-refractivity contribution in [2.45, 2.75) is 61.0 Å². The zero-order valence-electron chi connectivity index (χ0n) is 21.3. The van der Waals surface area contributed by atoms with E-state index in [9.17, 15) is 9.50 Å². The summed E-state index contributed by atoms with van der Waals surface area (Å²) < 4.78 is 15.2. The average Bonchev–Trinajstić information content (AvgIpc) is 3.71. The molecule has 0 amide bonds. The van der Waals surface area contributed by atoms with E-state index in [1.54, 1.807) is 41.1 Å². The molecule has 38 heavy (non-hydrogen) atoms. The van der Waals surface area contributed by atoms with Gasteiger partial charge in [-0.1, -0.05) is 23.4 Å². The summed E-state index contributed by atoms with van der Waals surface area (Å²) >= 11 is 1.66. The number of allylic oxidation sites excluding steroid dienone is 2. The second kappa shape index (κ2) is 10.1. The summed E-state index contributed by atoms with van der Waals surface area (Å²) in [5.41, 5.74) is 10.9. The number of nitrogens with two attached hydrogens (primary N) is 1. The molecule has 2 aromatic heterocycles. The first-order chi connectivity index (χ1) is 18.4. The van der Waals surface area contributed by atoms with E-state index in [0.717, 1.165) is 41.3 Å². The number of rotatable bonds is 6. The molecule has 0 bridgehead atoms. The quantitative estimate of drug-likeness (QED) is 0.434. The number of halogens is 1. The highest BCUT2D eigenvalue weighted by Gasteiger charge is 2.49. The summed E-state index contributed by atoms with van der Waals surface area (Å²) in [6.07, 6.45) is 11.9. The van der Waals surface area contributed by atoms with Crippen LogP contribution in [0, 0.1) is 11.2 Å². The number of fused-ring (bicyclic) bond motifs is 1. The number of hydrogen-bond acceptors (Lipinski definition) is 7. The molecular weight excluding hydrogens is 499 g/mol. The molecule has 0 aliphatic heterocycles. The number of benzene rings is 1. The first-order valence-electron chi connectivity index (χ1n) is 13.1. The predicted octanol–water partition coefficient (Wildman–Crippen LogP) is 5.54. The molecule has 3 aromatic rings. The van der Waals surface area contributed by atoms with Gasteiger partial charge in [-0.2, -0.15) is 0 Å². The van der Waals surface area contributed by atoms with Gasteiger partial charge in [-0.3, -0.25) is 9.67 Å². The Kier molecular flexibility index (Phi) is 6.65. The van der Waals surface area contributed by atoms with E-state index in [1.165, 1.54) is 30.5 Å². The fraction of sp³-hybridized carbons (Fsp3) is 0.379. The SMILES string of the molecule is Cn1cnc(S[C@H]2CCC3=CC(=Nc4ccc(F)cc4)/C(=C\N)C[C@]3(C(O)c3ccc(C4CC4)cn3)C2)n1. The van der Waals surface area contributed by atoms with E-state index in [2.05, 4.69) is 22.2 Å². The van der Waals surface area contributed by atoms with Crippen molar-refractivity contribution in [2.24, 2.45) is 23.2 Å². The van der Waals surface area contributed by atoms with Crippen molar-refractivity contribution >= 4 is 23.2 Å². The minimum absolute atomic E-state index is 0.226. The smallest absolute Gasteiger partial charge is 0.208 e. The van der Waals surface area contributed by atoms with Gasteiger partial charge in [-0.25, -0.2) is 14.4 Å². The normalized spacial score (nSPS) is 26.3. The minimum atomic E-state index is -0.801. The fourth-order valence-corrected chi connectivity index (χ4v) is 6.92. The lowest BCUT2D eigenvalue weighted by molar-refractivity contribution is 0.0288. The Morgan fingerprint density at radius 1 is 1.18 bits per heavy atom. The molecule has 2 heterocycles. The summed E-state index contributed by atoms with van der Waals surface area (Å²) in [6.45, 7) is 0. The van der Waals surface area contributed by atoms with Gasteiger partial charge in [0.2, 0.25) is 5.16 Å². The summed E-state index contributed by atoms with van der Waals surface area (Å²) in [7, 11) is 1.86. The van der Waals surface area contributed by atoms with Gasteiger partial charge in [0.15, 0.2) is 0 Å². The Hall–Kier alpha value is -3.30. The summed E-state index contributed by atoms with van der Waals surface area (Å²) in [5.74, 6) is 0.307. The number of aromatic nitrogens is 4. The van der Waals surface area contributed by atoms with Crippen molar-refractivity contribution in [1.82, 2.24) is 19.7 Å². The fourth-order valence-electron chi connectivity index (χ4n) is 5.72. The van der Waals surface area contributed by atoms with Crippen LogP contribution < -0.4 is 5.73 Å². The molecule has 3 aliphatic carbocycles. The Labute approximate surface area is 225 Å². The molecule has 2 saturated carbocycles. The number of aliphatic hydroxyl groups excluding tert-OH is 1. The van der Waals surface area contributed by atoms with Crippen LogP contribution in [0.2, 0.25) is 0 Å². The Morgan fingerprint density at radius 2 is 2.00 bits per heavy atom. The van der Waals surface area contributed by atoms with Gasteiger partial charge in [-0.05, 0) is 98.2 Å². The van der Waals surface area contributed by atoms with Crippen molar-refractivity contribution < 1.29 is 9.50 Å². The van der Waals surface area contributed by atoms with E-state index >= 15 is 0 Å². The molecule has 9 heteroatoms. The number of hydrogen-bond donors (Lipinski definition) is 2. The Morgan fingerprint density at radius 3 is 2.66 bits per heavy atom. The largest absolute Gasteiger partial charge is 0.404 e. The lowest BCUT2D eigenvalue weighted by atomic mass is 9.59. The van der Waals surface area contributed by atoms with Crippen LogP contribution in [-0.4, -0.2) is 35.8 Å². The van der Waals surface area contributed by atoms with Crippen LogP contribution in [0.5, 0.6) is 0 Å². The lowest BCUT2D eigenvalue weighted by Crippen LogP contribution is -2.42. The first kappa shape index (κ1) is 25.0. The minimum Gasteiger partial charge on any atom is -0.404 e. The first-order valence-corrected chi connectivity index (χ1v) is 13.9. The number of aryl methyl sites for hydroxylation is 1. The highest BCUT2D eigenvalue weighted by atomic mass is 32.2. The van der Waals surface area contributed by atoms with E-state index < -0.39 is 11.5 Å². The predicted molar refractivity (Wildman–Crippen MR) is 147 cm³/mol. The second-order valence-corrected chi connectivity index (χ2v) is 11.8. The van der Waals surface area contributed by atoms with E-state index in [-0.39, 0.29) is 11.1 Å². The number of aliphatic hydroxyl groups is 1. The van der Waals surface area contributed by atoms with Gasteiger partial charge in [0, 0.05) is 23.9 Å². The number of thioether (sulfide) groups is 1. The summed E-state index contributed by atoms with van der Waals surface area (Å²) in [6, 6.07) is 10.2. The highest BCUT2D eigenvalue weighted by molar-refractivity contribution is 7.99. The van der Waals surface area contributed by atoms with Gasteiger partial charge in [-0.15, -0.1) is 5.10 Å². The van der Waals surface area contributed by atoms with Crippen LogP contribution in [0.1, 0.15) is 61.8 Å². The van der Waals surface area contributed by atoms with E-state index in [1.807, 2.05) is 19.3 Å². The molecule has 2 fully saturated rings. The van der Waals surface area contributed by atoms with Crippen molar-refractivity contribution in [2.75, 3.05) is 0 Å². The molecule has 3 N–H and O–H groups in total. The van der Waals surface area contributed by atoms with Gasteiger partial charge in [0.25, 0.3) is 0 Å². The molecule has 7 nitrogen and oxygen atoms in total. The van der Waals surface area contributed by atoms with Crippen molar-refractivity contribution in [3.63, 3.8) is 0 Å². The van der Waals surface area contributed by atoms with Crippen LogP contribution >= 0.6 is 11.8 Å². The van der Waals surface area contributed by atoms with Gasteiger partial charge >= 0.3 is 0 Å². The van der Waals surface area contributed by atoms with Crippen LogP contribution in [0.25, 0.3) is 0 Å². The maximum atomic E-state index is 13.5. The summed E-state index contributed by atoms with van der Waals surface area (Å²) in [4.78, 5) is 13.9. The van der Waals surface area contributed by atoms with Crippen molar-refractivity contribution in [1.29, 1.82) is 0 Å². The molecule has 1 unspecified atom stereocenters. The Bertz CT molecular complexity index is 1410. The Balaban J connectivity index is 1.38. The van der Waals surface area contributed by atoms with Gasteiger partial charge < -0.3 is 10.8 Å². The van der Waals surface area contributed by atoms with E-state index in [4.69, 9.17) is 15.7 Å². The molecule has 3 aliphatic rings. The maximum absolute atomic E-state index is 13.5. The van der Waals surface area contributed by atoms with Crippen LogP contribution in [0.15, 0.2) is 82.5 Å². The lowest BCUT2D eigenvalue weighted by Gasteiger charge is -2.48. The van der Waals surface area contributed by atoms with Crippen LogP contribution in [0.4, 0.5) is 10.1 Å². The van der Waals surface area contributed by atoms with Crippen molar-refractivity contribution in [3.8, 4) is 0 Å². The van der Waals surface area contributed by atoms with Crippen molar-refractivity contribution in [3.05, 3.63) is 89.4 Å². The molecule has 6 rings (SSSR count).